The van der Waals surface area contributed by atoms with E-state index >= 15 is 0 Å². The molecule has 3 aromatic rings. The third-order valence-electron chi connectivity index (χ3n) is 5.92. The number of alkyl halides is 2. The predicted molar refractivity (Wildman–Crippen MR) is 137 cm³/mol. The minimum absolute atomic E-state index is 0. The van der Waals surface area contributed by atoms with E-state index in [0.717, 1.165) is 25.0 Å². The molecule has 2 aromatic carbocycles. The van der Waals surface area contributed by atoms with Crippen LogP contribution in [0.5, 0.6) is 11.5 Å². The van der Waals surface area contributed by atoms with Crippen LogP contribution in [0.3, 0.4) is 0 Å². The van der Waals surface area contributed by atoms with Gasteiger partial charge >= 0.3 is 6.61 Å². The average Bonchev–Trinajstić information content (AvgIpc) is 3.61. The number of aromatic nitrogens is 1. The van der Waals surface area contributed by atoms with Crippen LogP contribution in [0.4, 0.5) is 17.6 Å². The summed E-state index contributed by atoms with van der Waals surface area (Å²) >= 11 is 0. The number of ether oxygens (including phenoxy) is 2. The molecule has 1 unspecified atom stereocenters. The van der Waals surface area contributed by atoms with E-state index in [2.05, 4.69) is 20.4 Å². The van der Waals surface area contributed by atoms with Gasteiger partial charge in [0.15, 0.2) is 23.0 Å². The Morgan fingerprint density at radius 1 is 1.15 bits per heavy atom. The van der Waals surface area contributed by atoms with Crippen LogP contribution in [0.25, 0.3) is 11.5 Å². The lowest BCUT2D eigenvalue weighted by Gasteiger charge is -2.18. The number of rotatable bonds is 11. The minimum atomic E-state index is -3.07. The molecule has 1 saturated carbocycles. The molecule has 4 rings (SSSR count). The highest BCUT2D eigenvalue weighted by atomic mass is 35.5. The highest BCUT2D eigenvalue weighted by Crippen LogP contribution is 2.37. The maximum atomic E-state index is 14.5. The van der Waals surface area contributed by atoms with Gasteiger partial charge in [-0.2, -0.15) is 8.78 Å². The maximum absolute atomic E-state index is 14.5. The largest absolute Gasteiger partial charge is 0.489 e. The summed E-state index contributed by atoms with van der Waals surface area (Å²) in [6.45, 7) is -1.23. The number of hydrogen-bond donors (Lipinski definition) is 3. The number of nitrogens with one attached hydrogen (secondary N) is 2. The second kappa shape index (κ2) is 13.0. The van der Waals surface area contributed by atoms with Gasteiger partial charge in [-0.1, -0.05) is 6.07 Å². The van der Waals surface area contributed by atoms with Crippen LogP contribution in [-0.2, 0) is 4.79 Å². The van der Waals surface area contributed by atoms with Gasteiger partial charge in [-0.25, -0.2) is 13.8 Å². The fourth-order valence-corrected chi connectivity index (χ4v) is 3.73. The van der Waals surface area contributed by atoms with E-state index in [1.807, 2.05) is 0 Å². The summed E-state index contributed by atoms with van der Waals surface area (Å²) in [6, 6.07) is 4.25. The van der Waals surface area contributed by atoms with Gasteiger partial charge in [0.2, 0.25) is 11.8 Å². The first-order valence-electron chi connectivity index (χ1n) is 12.0. The number of carbonyl (C=O) groups is 2. The zero-order chi connectivity index (χ0) is 28.3. The molecule has 0 aliphatic heterocycles. The molecular weight excluding hydrogens is 560 g/mol. The van der Waals surface area contributed by atoms with Crippen molar-refractivity contribution >= 4 is 24.2 Å². The molecule has 1 heterocycles. The first kappa shape index (κ1) is 30.7. The van der Waals surface area contributed by atoms with Crippen molar-refractivity contribution in [3.05, 3.63) is 65.1 Å². The topological polar surface area (TPSA) is 129 Å². The molecule has 1 aromatic heterocycles. The van der Waals surface area contributed by atoms with Crippen LogP contribution < -0.4 is 25.8 Å². The Morgan fingerprint density at radius 3 is 2.48 bits per heavy atom. The Labute approximate surface area is 232 Å². The number of hydrogen-bond acceptors (Lipinski definition) is 7. The van der Waals surface area contributed by atoms with Gasteiger partial charge in [0.1, 0.15) is 17.7 Å². The van der Waals surface area contributed by atoms with E-state index in [-0.39, 0.29) is 52.4 Å². The van der Waals surface area contributed by atoms with Gasteiger partial charge in [-0.15, -0.1) is 12.4 Å². The molecule has 0 bridgehead atoms. The van der Waals surface area contributed by atoms with Crippen molar-refractivity contribution in [3.63, 3.8) is 0 Å². The second-order valence-electron chi connectivity index (χ2n) is 9.00. The number of oxazole rings is 1. The number of benzene rings is 2. The van der Waals surface area contributed by atoms with E-state index < -0.39 is 42.1 Å². The highest BCUT2D eigenvalue weighted by Gasteiger charge is 2.30. The minimum Gasteiger partial charge on any atom is -0.489 e. The fraction of sp³-hybridized carbons (Fsp3) is 0.346. The van der Waals surface area contributed by atoms with Gasteiger partial charge < -0.3 is 30.3 Å². The Kier molecular flexibility index (Phi) is 9.98. The third kappa shape index (κ3) is 7.21. The van der Waals surface area contributed by atoms with E-state index in [0.29, 0.717) is 18.6 Å². The Balaban J connectivity index is 0.00000441. The monoisotopic (exact) mass is 586 g/mol. The molecule has 0 radical (unpaired) electrons. The third-order valence-corrected chi connectivity index (χ3v) is 5.92. The van der Waals surface area contributed by atoms with Crippen molar-refractivity contribution < 1.29 is 41.0 Å². The number of likely N-dealkylation sites (N-methyl/N-ethyl adjacent to an activating group) is 1. The Hall–Kier alpha value is -3.84. The summed E-state index contributed by atoms with van der Waals surface area (Å²) in [5, 5.41) is 4.70. The molecule has 2 amide bonds. The molecule has 1 aliphatic carbocycles. The molecule has 216 valence electrons. The number of nitrogens with two attached hydrogens (primary N) is 1. The van der Waals surface area contributed by atoms with Crippen LogP contribution in [0.15, 0.2) is 40.8 Å². The van der Waals surface area contributed by atoms with E-state index in [9.17, 15) is 27.2 Å². The molecule has 4 N–H and O–H groups in total. The SMILES string of the molecule is CNC(=O)C(NC(=O)c1nc(-c2ccc(OC(F)F)c(OCC3CC3)c2)oc1[C@H](C)N)c1ccc(F)cc1F.Cl. The number of nitrogens with zero attached hydrogens (tertiary/aromatic N) is 1. The van der Waals surface area contributed by atoms with Crippen LogP contribution in [0.2, 0.25) is 0 Å². The van der Waals surface area contributed by atoms with Gasteiger partial charge in [0.25, 0.3) is 5.91 Å². The summed E-state index contributed by atoms with van der Waals surface area (Å²) in [4.78, 5) is 29.9. The summed E-state index contributed by atoms with van der Waals surface area (Å²) in [6.07, 6.45) is 1.94. The van der Waals surface area contributed by atoms with E-state index in [4.69, 9.17) is 14.9 Å². The molecule has 40 heavy (non-hydrogen) atoms. The average molecular weight is 587 g/mol. The lowest BCUT2D eigenvalue weighted by molar-refractivity contribution is -0.122. The highest BCUT2D eigenvalue weighted by molar-refractivity contribution is 5.97. The lowest BCUT2D eigenvalue weighted by Crippen LogP contribution is -2.40. The predicted octanol–water partition coefficient (Wildman–Crippen LogP) is 4.67. The zero-order valence-electron chi connectivity index (χ0n) is 21.4. The molecule has 1 aliphatic rings. The molecular formula is C26H27ClF4N4O5. The molecule has 14 heteroatoms. The van der Waals surface area contributed by atoms with Crippen molar-refractivity contribution in [1.82, 2.24) is 15.6 Å². The Morgan fingerprint density at radius 2 is 1.88 bits per heavy atom. The first-order chi connectivity index (χ1) is 18.6. The second-order valence-corrected chi connectivity index (χ2v) is 9.00. The fourth-order valence-electron chi connectivity index (χ4n) is 3.73. The number of halogens is 5. The number of amides is 2. The summed E-state index contributed by atoms with van der Waals surface area (Å²) in [5.74, 6) is -3.54. The van der Waals surface area contributed by atoms with Crippen LogP contribution in [-0.4, -0.2) is 37.1 Å². The van der Waals surface area contributed by atoms with Crippen molar-refractivity contribution in [2.75, 3.05) is 13.7 Å². The summed E-state index contributed by atoms with van der Waals surface area (Å²) in [7, 11) is 1.29. The van der Waals surface area contributed by atoms with Gasteiger partial charge in [0.05, 0.1) is 12.6 Å². The van der Waals surface area contributed by atoms with Crippen molar-refractivity contribution in [3.8, 4) is 23.0 Å². The first-order valence-corrected chi connectivity index (χ1v) is 12.0. The summed E-state index contributed by atoms with van der Waals surface area (Å²) < 4.78 is 69.6. The lowest BCUT2D eigenvalue weighted by atomic mass is 10.0. The normalized spacial score (nSPS) is 14.2. The van der Waals surface area contributed by atoms with Gasteiger partial charge in [-0.3, -0.25) is 9.59 Å². The van der Waals surface area contributed by atoms with Gasteiger partial charge in [-0.05, 0) is 49.9 Å². The molecule has 0 saturated heterocycles. The van der Waals surface area contributed by atoms with Crippen LogP contribution >= 0.6 is 12.4 Å². The smallest absolute Gasteiger partial charge is 0.387 e. The van der Waals surface area contributed by atoms with E-state index in [1.54, 1.807) is 0 Å². The van der Waals surface area contributed by atoms with Crippen LogP contribution in [0, 0.1) is 17.6 Å². The maximum Gasteiger partial charge on any atom is 0.387 e. The van der Waals surface area contributed by atoms with Crippen molar-refractivity contribution in [1.29, 1.82) is 0 Å². The molecule has 1 fully saturated rings. The standard InChI is InChI=1S/C26H26F4N4O5.ClH/c1-12(31)22-21(24(36)33-20(23(35)32-2)16-7-6-15(27)10-17(16)28)34-25(39-22)14-5-8-18(38-26(29)30)19(9-14)37-11-13-3-4-13;/h5-10,12-13,20,26H,3-4,11,31H2,1-2H3,(H,32,35)(H,33,36);1H/t12-,20?;/m0./s1. The van der Waals surface area contributed by atoms with Gasteiger partial charge in [0, 0.05) is 24.2 Å². The summed E-state index contributed by atoms with van der Waals surface area (Å²) in [5.41, 5.74) is 5.70. The van der Waals surface area contributed by atoms with Crippen molar-refractivity contribution in [2.24, 2.45) is 11.7 Å². The molecule has 9 nitrogen and oxygen atoms in total. The Bertz CT molecular complexity index is 1370. The molecule has 2 atom stereocenters. The molecule has 0 spiro atoms. The van der Waals surface area contributed by atoms with Crippen LogP contribution in [0.1, 0.15) is 53.7 Å². The quantitative estimate of drug-likeness (QED) is 0.279. The van der Waals surface area contributed by atoms with E-state index in [1.165, 1.54) is 32.2 Å². The van der Waals surface area contributed by atoms with Crippen molar-refractivity contribution in [2.45, 2.75) is 38.5 Å². The zero-order valence-corrected chi connectivity index (χ0v) is 22.2. The number of carbonyl (C=O) groups excluding carboxylic acids is 2.